The summed E-state index contributed by atoms with van der Waals surface area (Å²) in [7, 11) is 0. The van der Waals surface area contributed by atoms with Crippen LogP contribution in [0.1, 0.15) is 32.6 Å². The molecule has 2 N–H and O–H groups in total. The lowest BCUT2D eigenvalue weighted by Crippen LogP contribution is -2.22. The molecular formula is C14H26N2. The van der Waals surface area contributed by atoms with E-state index < -0.39 is 0 Å². The van der Waals surface area contributed by atoms with Gasteiger partial charge in [0.25, 0.3) is 0 Å². The fraction of sp³-hybridized carbons (Fsp3) is 0.714. The van der Waals surface area contributed by atoms with E-state index in [-0.39, 0.29) is 0 Å². The van der Waals surface area contributed by atoms with Crippen LogP contribution in [-0.4, -0.2) is 31.1 Å². The van der Waals surface area contributed by atoms with Crippen molar-refractivity contribution in [3.05, 3.63) is 24.3 Å². The number of likely N-dealkylation sites (tertiary alicyclic amines) is 1. The molecule has 2 heteroatoms. The molecule has 0 amide bonds. The maximum atomic E-state index is 5.71. The molecule has 1 heterocycles. The van der Waals surface area contributed by atoms with Crippen molar-refractivity contribution in [1.29, 1.82) is 0 Å². The number of rotatable bonds is 7. The molecule has 1 rings (SSSR count). The minimum atomic E-state index is 0.351. The third-order valence-corrected chi connectivity index (χ3v) is 3.22. The van der Waals surface area contributed by atoms with Gasteiger partial charge in [-0.1, -0.05) is 31.1 Å². The van der Waals surface area contributed by atoms with Crippen LogP contribution in [-0.2, 0) is 0 Å². The topological polar surface area (TPSA) is 29.3 Å². The van der Waals surface area contributed by atoms with E-state index in [1.807, 2.05) is 6.08 Å². The van der Waals surface area contributed by atoms with E-state index in [9.17, 15) is 0 Å². The summed E-state index contributed by atoms with van der Waals surface area (Å²) in [4.78, 5) is 2.55. The molecule has 1 fully saturated rings. The van der Waals surface area contributed by atoms with E-state index in [0.29, 0.717) is 12.5 Å². The Morgan fingerprint density at radius 3 is 2.62 bits per heavy atom. The third kappa shape index (κ3) is 4.50. The van der Waals surface area contributed by atoms with E-state index in [1.165, 1.54) is 38.8 Å². The van der Waals surface area contributed by atoms with Crippen LogP contribution in [0.25, 0.3) is 0 Å². The van der Waals surface area contributed by atoms with E-state index in [1.54, 1.807) is 5.57 Å². The Balaban J connectivity index is 2.53. The number of nitrogens with two attached hydrogens (primary N) is 1. The van der Waals surface area contributed by atoms with Gasteiger partial charge in [-0.15, -0.1) is 6.58 Å². The summed E-state index contributed by atoms with van der Waals surface area (Å²) >= 11 is 0. The Kier molecular flexibility index (Phi) is 6.43. The van der Waals surface area contributed by atoms with Crippen LogP contribution < -0.4 is 5.73 Å². The monoisotopic (exact) mass is 222 g/mol. The summed E-state index contributed by atoms with van der Waals surface area (Å²) in [5.41, 5.74) is 7.25. The highest BCUT2D eigenvalue weighted by Crippen LogP contribution is 2.15. The summed E-state index contributed by atoms with van der Waals surface area (Å²) < 4.78 is 0. The van der Waals surface area contributed by atoms with Crippen LogP contribution in [0.3, 0.4) is 0 Å². The van der Waals surface area contributed by atoms with Crippen molar-refractivity contribution in [2.24, 2.45) is 11.7 Å². The quantitative estimate of drug-likeness (QED) is 0.671. The summed E-state index contributed by atoms with van der Waals surface area (Å²) in [6, 6.07) is 0. The van der Waals surface area contributed by atoms with Crippen molar-refractivity contribution >= 4 is 0 Å². The van der Waals surface area contributed by atoms with Crippen molar-refractivity contribution in [2.75, 3.05) is 26.2 Å². The molecule has 0 aromatic carbocycles. The summed E-state index contributed by atoms with van der Waals surface area (Å²) in [6.45, 7) is 10.4. The van der Waals surface area contributed by atoms with Crippen LogP contribution in [0.5, 0.6) is 0 Å². The molecule has 1 saturated heterocycles. The lowest BCUT2D eigenvalue weighted by atomic mass is 10.0. The summed E-state index contributed by atoms with van der Waals surface area (Å²) in [5, 5.41) is 0. The Labute approximate surface area is 100 Å². The van der Waals surface area contributed by atoms with Gasteiger partial charge in [-0.3, -0.25) is 4.90 Å². The number of hydrogen-bond donors (Lipinski definition) is 1. The molecule has 16 heavy (non-hydrogen) atoms. The zero-order valence-corrected chi connectivity index (χ0v) is 10.6. The van der Waals surface area contributed by atoms with Gasteiger partial charge in [-0.05, 0) is 32.4 Å². The van der Waals surface area contributed by atoms with Crippen molar-refractivity contribution in [3.63, 3.8) is 0 Å². The highest BCUT2D eigenvalue weighted by Gasteiger charge is 2.13. The maximum absolute atomic E-state index is 5.71. The molecule has 1 atom stereocenters. The average Bonchev–Trinajstić information content (AvgIpc) is 2.78. The van der Waals surface area contributed by atoms with Gasteiger partial charge in [0.15, 0.2) is 0 Å². The molecule has 0 aromatic rings. The van der Waals surface area contributed by atoms with Crippen molar-refractivity contribution in [1.82, 2.24) is 4.90 Å². The van der Waals surface area contributed by atoms with Crippen molar-refractivity contribution < 1.29 is 0 Å². The molecule has 1 aliphatic heterocycles. The van der Waals surface area contributed by atoms with Gasteiger partial charge < -0.3 is 5.73 Å². The average molecular weight is 222 g/mol. The van der Waals surface area contributed by atoms with Gasteiger partial charge >= 0.3 is 0 Å². The second-order valence-corrected chi connectivity index (χ2v) is 4.69. The largest absolute Gasteiger partial charge is 0.330 e. The minimum Gasteiger partial charge on any atom is -0.330 e. The molecule has 1 aliphatic rings. The minimum absolute atomic E-state index is 0.351. The fourth-order valence-corrected chi connectivity index (χ4v) is 2.30. The number of hydrogen-bond acceptors (Lipinski definition) is 2. The first-order valence-corrected chi connectivity index (χ1v) is 6.54. The van der Waals surface area contributed by atoms with E-state index >= 15 is 0 Å². The highest BCUT2D eigenvalue weighted by molar-refractivity contribution is 5.10. The first kappa shape index (κ1) is 13.5. The molecular weight excluding hydrogens is 196 g/mol. The molecule has 2 nitrogen and oxygen atoms in total. The van der Waals surface area contributed by atoms with E-state index in [0.717, 1.165) is 6.54 Å². The Morgan fingerprint density at radius 2 is 2.12 bits per heavy atom. The van der Waals surface area contributed by atoms with Gasteiger partial charge in [0, 0.05) is 19.0 Å². The third-order valence-electron chi connectivity index (χ3n) is 3.22. The smallest absolute Gasteiger partial charge is 0.0193 e. The first-order chi connectivity index (χ1) is 7.80. The number of nitrogens with zero attached hydrogens (tertiary/aromatic N) is 1. The predicted octanol–water partition coefficient (Wildman–Crippen LogP) is 2.57. The van der Waals surface area contributed by atoms with Crippen LogP contribution in [0.4, 0.5) is 0 Å². The highest BCUT2D eigenvalue weighted by atomic mass is 15.1. The maximum Gasteiger partial charge on any atom is 0.0193 e. The Bertz CT molecular complexity index is 227. The molecule has 1 unspecified atom stereocenters. The molecule has 0 bridgehead atoms. The predicted molar refractivity (Wildman–Crippen MR) is 71.4 cm³/mol. The van der Waals surface area contributed by atoms with E-state index in [2.05, 4.69) is 24.5 Å². The summed E-state index contributed by atoms with van der Waals surface area (Å²) in [5.74, 6) is 0.351. The molecule has 0 aliphatic carbocycles. The SMILES string of the molecule is C=CC(/C=C(\CCC)CN1CCCC1)CN. The Hall–Kier alpha value is -0.600. The summed E-state index contributed by atoms with van der Waals surface area (Å²) in [6.07, 6.45) is 9.42. The van der Waals surface area contributed by atoms with Gasteiger partial charge in [0.05, 0.1) is 0 Å². The molecule has 0 aromatic heterocycles. The van der Waals surface area contributed by atoms with Gasteiger partial charge in [-0.2, -0.15) is 0 Å². The van der Waals surface area contributed by atoms with Crippen molar-refractivity contribution in [3.8, 4) is 0 Å². The Morgan fingerprint density at radius 1 is 1.44 bits per heavy atom. The van der Waals surface area contributed by atoms with Crippen LogP contribution in [0, 0.1) is 5.92 Å². The second-order valence-electron chi connectivity index (χ2n) is 4.69. The van der Waals surface area contributed by atoms with Crippen LogP contribution >= 0.6 is 0 Å². The molecule has 0 spiro atoms. The zero-order chi connectivity index (χ0) is 11.8. The van der Waals surface area contributed by atoms with Crippen LogP contribution in [0.15, 0.2) is 24.3 Å². The molecule has 0 radical (unpaired) electrons. The van der Waals surface area contributed by atoms with Gasteiger partial charge in [-0.25, -0.2) is 0 Å². The van der Waals surface area contributed by atoms with Gasteiger partial charge in [0.1, 0.15) is 0 Å². The van der Waals surface area contributed by atoms with Gasteiger partial charge in [0.2, 0.25) is 0 Å². The first-order valence-electron chi connectivity index (χ1n) is 6.54. The second kappa shape index (κ2) is 7.64. The lowest BCUT2D eigenvalue weighted by molar-refractivity contribution is 0.363. The fourth-order valence-electron chi connectivity index (χ4n) is 2.30. The lowest BCUT2D eigenvalue weighted by Gasteiger charge is -2.18. The molecule has 0 saturated carbocycles. The van der Waals surface area contributed by atoms with E-state index in [4.69, 9.17) is 5.73 Å². The normalized spacial score (nSPS) is 20.0. The zero-order valence-electron chi connectivity index (χ0n) is 10.6. The van der Waals surface area contributed by atoms with Crippen LogP contribution in [0.2, 0.25) is 0 Å². The molecule has 92 valence electrons. The standard InChI is InChI=1S/C14H26N2/c1-3-7-14(10-13(4-2)11-15)12-16-8-5-6-9-16/h4,10,13H,2-3,5-9,11-12,15H2,1H3/b14-10+. The van der Waals surface area contributed by atoms with Crippen molar-refractivity contribution in [2.45, 2.75) is 32.6 Å².